The first kappa shape index (κ1) is 13.2. The Hall–Kier alpha value is -0.830. The molecule has 1 aromatic rings. The van der Waals surface area contributed by atoms with Gasteiger partial charge in [-0.3, -0.25) is 0 Å². The van der Waals surface area contributed by atoms with Gasteiger partial charge in [-0.2, -0.15) is 0 Å². The van der Waals surface area contributed by atoms with E-state index in [2.05, 4.69) is 21.8 Å². The van der Waals surface area contributed by atoms with Gasteiger partial charge in [0.25, 0.3) is 0 Å². The van der Waals surface area contributed by atoms with Crippen LogP contribution in [-0.4, -0.2) is 22.6 Å². The molecule has 4 heteroatoms. The largest absolute Gasteiger partial charge is 0.353 e. The minimum atomic E-state index is 0.630. The molecule has 0 aromatic carbocycles. The SMILES string of the molecule is CCc1c(Cl)ncnc1N1CCC[C@H]2CCCC[C@H]21. The molecule has 19 heavy (non-hydrogen) atoms. The van der Waals surface area contributed by atoms with Crippen LogP contribution in [0.25, 0.3) is 0 Å². The van der Waals surface area contributed by atoms with Crippen molar-refractivity contribution in [3.05, 3.63) is 17.0 Å². The van der Waals surface area contributed by atoms with Gasteiger partial charge >= 0.3 is 0 Å². The molecule has 1 saturated heterocycles. The first-order valence-corrected chi connectivity index (χ1v) is 7.95. The van der Waals surface area contributed by atoms with E-state index in [1.54, 1.807) is 6.33 Å². The molecule has 0 radical (unpaired) electrons. The number of hydrogen-bond acceptors (Lipinski definition) is 3. The zero-order valence-electron chi connectivity index (χ0n) is 11.6. The average molecular weight is 280 g/mol. The molecular weight excluding hydrogens is 258 g/mol. The Morgan fingerprint density at radius 1 is 1.21 bits per heavy atom. The summed E-state index contributed by atoms with van der Waals surface area (Å²) in [7, 11) is 0. The van der Waals surface area contributed by atoms with Crippen LogP contribution in [0.1, 0.15) is 51.0 Å². The van der Waals surface area contributed by atoms with Crippen LogP contribution in [0.15, 0.2) is 6.33 Å². The van der Waals surface area contributed by atoms with Crippen LogP contribution < -0.4 is 4.90 Å². The number of rotatable bonds is 2. The molecule has 1 aliphatic carbocycles. The van der Waals surface area contributed by atoms with Gasteiger partial charge in [-0.15, -0.1) is 0 Å². The minimum Gasteiger partial charge on any atom is -0.353 e. The molecule has 1 aromatic heterocycles. The van der Waals surface area contributed by atoms with Gasteiger partial charge in [0.2, 0.25) is 0 Å². The van der Waals surface area contributed by atoms with Crippen molar-refractivity contribution >= 4 is 17.4 Å². The summed E-state index contributed by atoms with van der Waals surface area (Å²) in [4.78, 5) is 11.2. The van der Waals surface area contributed by atoms with Crippen LogP contribution in [-0.2, 0) is 6.42 Å². The van der Waals surface area contributed by atoms with Gasteiger partial charge in [0.1, 0.15) is 17.3 Å². The number of fused-ring (bicyclic) bond motifs is 1. The average Bonchev–Trinajstić information content (AvgIpc) is 2.46. The molecule has 3 rings (SSSR count). The maximum absolute atomic E-state index is 6.25. The Labute approximate surface area is 120 Å². The lowest BCUT2D eigenvalue weighted by Gasteiger charge is -2.45. The molecule has 0 spiro atoms. The number of piperidine rings is 1. The van der Waals surface area contributed by atoms with Crippen molar-refractivity contribution in [1.29, 1.82) is 0 Å². The predicted molar refractivity (Wildman–Crippen MR) is 78.7 cm³/mol. The van der Waals surface area contributed by atoms with Crippen LogP contribution in [0.3, 0.4) is 0 Å². The summed E-state index contributed by atoms with van der Waals surface area (Å²) in [5.74, 6) is 1.96. The summed E-state index contributed by atoms with van der Waals surface area (Å²) >= 11 is 6.25. The molecule has 2 aliphatic rings. The van der Waals surface area contributed by atoms with Crippen molar-refractivity contribution in [2.45, 2.75) is 57.9 Å². The molecule has 2 atom stereocenters. The Balaban J connectivity index is 1.94. The number of nitrogens with zero attached hydrogens (tertiary/aromatic N) is 3. The van der Waals surface area contributed by atoms with Gasteiger partial charge in [-0.05, 0) is 38.0 Å². The summed E-state index contributed by atoms with van der Waals surface area (Å²) in [6.45, 7) is 3.26. The smallest absolute Gasteiger partial charge is 0.137 e. The molecule has 1 saturated carbocycles. The Bertz CT molecular complexity index is 447. The summed E-state index contributed by atoms with van der Waals surface area (Å²) in [6.07, 6.45) is 10.7. The van der Waals surface area contributed by atoms with Crippen molar-refractivity contribution in [3.63, 3.8) is 0 Å². The molecule has 1 aliphatic heterocycles. The highest BCUT2D eigenvalue weighted by Crippen LogP contribution is 2.38. The predicted octanol–water partition coefficient (Wildman–Crippen LogP) is 3.85. The first-order valence-electron chi connectivity index (χ1n) is 7.57. The number of anilines is 1. The van der Waals surface area contributed by atoms with Crippen LogP contribution in [0.2, 0.25) is 5.15 Å². The molecule has 2 fully saturated rings. The van der Waals surface area contributed by atoms with Gasteiger partial charge in [-0.1, -0.05) is 31.4 Å². The lowest BCUT2D eigenvalue weighted by molar-refractivity contribution is 0.242. The Kier molecular flexibility index (Phi) is 3.92. The van der Waals surface area contributed by atoms with Crippen molar-refractivity contribution in [2.24, 2.45) is 5.92 Å². The van der Waals surface area contributed by atoms with Crippen molar-refractivity contribution < 1.29 is 0 Å². The lowest BCUT2D eigenvalue weighted by atomic mass is 9.78. The molecule has 0 N–H and O–H groups in total. The third-order valence-corrected chi connectivity index (χ3v) is 5.06. The fraction of sp³-hybridized carbons (Fsp3) is 0.733. The van der Waals surface area contributed by atoms with E-state index in [1.165, 1.54) is 38.5 Å². The monoisotopic (exact) mass is 279 g/mol. The van der Waals surface area contributed by atoms with E-state index in [0.717, 1.165) is 30.3 Å². The highest BCUT2D eigenvalue weighted by Gasteiger charge is 2.34. The van der Waals surface area contributed by atoms with Crippen LogP contribution in [0.5, 0.6) is 0 Å². The minimum absolute atomic E-state index is 0.630. The molecular formula is C15H22ClN3. The van der Waals surface area contributed by atoms with E-state index in [-0.39, 0.29) is 0 Å². The van der Waals surface area contributed by atoms with E-state index in [0.29, 0.717) is 11.2 Å². The fourth-order valence-corrected chi connectivity index (χ4v) is 4.08. The van der Waals surface area contributed by atoms with Gasteiger partial charge in [0.05, 0.1) is 0 Å². The maximum Gasteiger partial charge on any atom is 0.137 e. The topological polar surface area (TPSA) is 29.0 Å². The third-order valence-electron chi connectivity index (χ3n) is 4.74. The summed E-state index contributed by atoms with van der Waals surface area (Å²) in [5, 5.41) is 0.630. The standard InChI is InChI=1S/C15H22ClN3/c1-2-12-14(16)17-10-18-15(12)19-9-5-7-11-6-3-4-8-13(11)19/h10-11,13H,2-9H2,1H3/t11-,13-/m1/s1. The van der Waals surface area contributed by atoms with Gasteiger partial charge in [0, 0.05) is 18.2 Å². The van der Waals surface area contributed by atoms with E-state index < -0.39 is 0 Å². The maximum atomic E-state index is 6.25. The van der Waals surface area contributed by atoms with Gasteiger partial charge in [0.15, 0.2) is 0 Å². The van der Waals surface area contributed by atoms with E-state index >= 15 is 0 Å². The normalized spacial score (nSPS) is 27.2. The molecule has 0 amide bonds. The zero-order valence-corrected chi connectivity index (χ0v) is 12.4. The second-order valence-electron chi connectivity index (χ2n) is 5.77. The van der Waals surface area contributed by atoms with Gasteiger partial charge in [-0.25, -0.2) is 9.97 Å². The van der Waals surface area contributed by atoms with Crippen LogP contribution >= 0.6 is 11.6 Å². The second-order valence-corrected chi connectivity index (χ2v) is 6.13. The summed E-state index contributed by atoms with van der Waals surface area (Å²) < 4.78 is 0. The highest BCUT2D eigenvalue weighted by atomic mass is 35.5. The van der Waals surface area contributed by atoms with Crippen LogP contribution in [0.4, 0.5) is 5.82 Å². The highest BCUT2D eigenvalue weighted by molar-refractivity contribution is 6.30. The van der Waals surface area contributed by atoms with E-state index in [1.807, 2.05) is 0 Å². The summed E-state index contributed by atoms with van der Waals surface area (Å²) in [6, 6.07) is 0.679. The molecule has 0 unspecified atom stereocenters. The lowest BCUT2D eigenvalue weighted by Crippen LogP contribution is -2.47. The van der Waals surface area contributed by atoms with Crippen LogP contribution in [0, 0.1) is 5.92 Å². The Morgan fingerprint density at radius 2 is 2.00 bits per heavy atom. The van der Waals surface area contributed by atoms with Crippen molar-refractivity contribution in [3.8, 4) is 0 Å². The quantitative estimate of drug-likeness (QED) is 0.770. The van der Waals surface area contributed by atoms with Crippen molar-refractivity contribution in [2.75, 3.05) is 11.4 Å². The van der Waals surface area contributed by atoms with Crippen molar-refractivity contribution in [1.82, 2.24) is 9.97 Å². The number of halogens is 1. The van der Waals surface area contributed by atoms with E-state index in [4.69, 9.17) is 11.6 Å². The molecule has 0 bridgehead atoms. The molecule has 2 heterocycles. The third kappa shape index (κ3) is 2.45. The zero-order chi connectivity index (χ0) is 13.2. The molecule has 104 valence electrons. The fourth-order valence-electron chi connectivity index (χ4n) is 3.82. The second kappa shape index (κ2) is 5.66. The van der Waals surface area contributed by atoms with Gasteiger partial charge < -0.3 is 4.90 Å². The first-order chi connectivity index (χ1) is 9.31. The Morgan fingerprint density at radius 3 is 2.84 bits per heavy atom. The summed E-state index contributed by atoms with van der Waals surface area (Å²) in [5.41, 5.74) is 1.12. The van der Waals surface area contributed by atoms with E-state index in [9.17, 15) is 0 Å². The number of aromatic nitrogens is 2. The molecule has 3 nitrogen and oxygen atoms in total. The number of hydrogen-bond donors (Lipinski definition) is 0.